The van der Waals surface area contributed by atoms with Gasteiger partial charge in [0.15, 0.2) is 17.3 Å². The van der Waals surface area contributed by atoms with Gasteiger partial charge in [-0.1, -0.05) is 5.21 Å². The molecule has 8 heteroatoms. The fourth-order valence-electron chi connectivity index (χ4n) is 1.41. The molecule has 0 aliphatic rings. The summed E-state index contributed by atoms with van der Waals surface area (Å²) in [6.07, 6.45) is 3.12. The molecule has 2 aromatic rings. The third-order valence-corrected chi connectivity index (χ3v) is 2.18. The van der Waals surface area contributed by atoms with Gasteiger partial charge in [-0.05, 0) is 13.8 Å². The zero-order valence-corrected chi connectivity index (χ0v) is 9.99. The summed E-state index contributed by atoms with van der Waals surface area (Å²) < 4.78 is 6.26. The second-order valence-electron chi connectivity index (χ2n) is 3.43. The summed E-state index contributed by atoms with van der Waals surface area (Å²) in [5.41, 5.74) is 6.22. The normalized spacial score (nSPS) is 10.3. The van der Waals surface area contributed by atoms with Gasteiger partial charge in [0.25, 0.3) is 0 Å². The van der Waals surface area contributed by atoms with E-state index in [0.717, 1.165) is 0 Å². The van der Waals surface area contributed by atoms with Crippen LogP contribution in [-0.2, 0) is 4.74 Å². The Labute approximate surface area is 103 Å². The Hall–Kier alpha value is -2.51. The Kier molecular flexibility index (Phi) is 3.18. The molecule has 0 aliphatic carbocycles. The monoisotopic (exact) mass is 248 g/mol. The van der Waals surface area contributed by atoms with Crippen molar-refractivity contribution in [2.45, 2.75) is 13.8 Å². The summed E-state index contributed by atoms with van der Waals surface area (Å²) in [6.45, 7) is 3.66. The molecule has 8 nitrogen and oxygen atoms in total. The highest BCUT2D eigenvalue weighted by Gasteiger charge is 2.17. The number of nitrogen functional groups attached to an aromatic ring is 1. The van der Waals surface area contributed by atoms with E-state index >= 15 is 0 Å². The lowest BCUT2D eigenvalue weighted by Crippen LogP contribution is -2.15. The van der Waals surface area contributed by atoms with E-state index in [1.165, 1.54) is 10.9 Å². The minimum Gasteiger partial charge on any atom is -0.461 e. The molecular formula is C10H12N6O2. The molecule has 18 heavy (non-hydrogen) atoms. The van der Waals surface area contributed by atoms with Crippen LogP contribution in [0.2, 0.25) is 0 Å². The van der Waals surface area contributed by atoms with Gasteiger partial charge >= 0.3 is 5.97 Å². The molecule has 0 fully saturated rings. The topological polar surface area (TPSA) is 109 Å². The van der Waals surface area contributed by atoms with Crippen LogP contribution < -0.4 is 5.73 Å². The van der Waals surface area contributed by atoms with E-state index in [0.29, 0.717) is 11.5 Å². The van der Waals surface area contributed by atoms with Crippen molar-refractivity contribution < 1.29 is 9.53 Å². The fourth-order valence-corrected chi connectivity index (χ4v) is 1.41. The van der Waals surface area contributed by atoms with Gasteiger partial charge in [0.05, 0.1) is 24.7 Å². The first-order valence-electron chi connectivity index (χ1n) is 5.31. The van der Waals surface area contributed by atoms with E-state index in [4.69, 9.17) is 10.5 Å². The third-order valence-electron chi connectivity index (χ3n) is 2.18. The maximum absolute atomic E-state index is 11.6. The van der Waals surface area contributed by atoms with Crippen molar-refractivity contribution in [3.8, 4) is 5.82 Å². The molecule has 0 bridgehead atoms. The number of hydrogen-bond donors (Lipinski definition) is 1. The van der Waals surface area contributed by atoms with E-state index < -0.39 is 5.97 Å². The van der Waals surface area contributed by atoms with Crippen LogP contribution in [0.15, 0.2) is 12.4 Å². The Morgan fingerprint density at radius 3 is 2.89 bits per heavy atom. The molecule has 0 radical (unpaired) electrons. The summed E-state index contributed by atoms with van der Waals surface area (Å²) >= 11 is 0. The Morgan fingerprint density at radius 2 is 2.28 bits per heavy atom. The van der Waals surface area contributed by atoms with Crippen LogP contribution in [0.5, 0.6) is 0 Å². The van der Waals surface area contributed by atoms with E-state index in [9.17, 15) is 4.79 Å². The average Bonchev–Trinajstić information content (AvgIpc) is 2.85. The average molecular weight is 248 g/mol. The molecule has 2 aromatic heterocycles. The van der Waals surface area contributed by atoms with Gasteiger partial charge in [-0.15, -0.1) is 5.10 Å². The Morgan fingerprint density at radius 1 is 1.50 bits per heavy atom. The van der Waals surface area contributed by atoms with Gasteiger partial charge in [-0.25, -0.2) is 19.4 Å². The van der Waals surface area contributed by atoms with Gasteiger partial charge in [0.2, 0.25) is 0 Å². The minimum atomic E-state index is -0.587. The standard InChI is InChI=1S/C10H12N6O2/c1-3-18-10(17)7-8(11)14-9(6(2)13-7)16-5-4-12-15-16/h4-5H,3H2,1-2H3,(H2,11,14). The quantitative estimate of drug-likeness (QED) is 0.768. The van der Waals surface area contributed by atoms with E-state index in [1.807, 2.05) is 0 Å². The number of esters is 1. The largest absolute Gasteiger partial charge is 0.461 e. The van der Waals surface area contributed by atoms with Crippen molar-refractivity contribution in [2.24, 2.45) is 0 Å². The number of anilines is 1. The van der Waals surface area contributed by atoms with Crippen LogP contribution in [0.3, 0.4) is 0 Å². The first-order chi connectivity index (χ1) is 8.63. The van der Waals surface area contributed by atoms with Gasteiger partial charge in [0.1, 0.15) is 0 Å². The predicted molar refractivity (Wildman–Crippen MR) is 62.1 cm³/mol. The van der Waals surface area contributed by atoms with Crippen molar-refractivity contribution in [1.82, 2.24) is 25.0 Å². The molecule has 0 spiro atoms. The van der Waals surface area contributed by atoms with Gasteiger partial charge in [-0.3, -0.25) is 0 Å². The second-order valence-corrected chi connectivity index (χ2v) is 3.43. The van der Waals surface area contributed by atoms with Crippen LogP contribution in [0, 0.1) is 6.92 Å². The van der Waals surface area contributed by atoms with Gasteiger partial charge in [0, 0.05) is 0 Å². The summed E-state index contributed by atoms with van der Waals surface area (Å²) in [5.74, 6) is -0.154. The molecule has 0 aromatic carbocycles. The minimum absolute atomic E-state index is 0.00421. The first-order valence-corrected chi connectivity index (χ1v) is 5.31. The zero-order chi connectivity index (χ0) is 13.1. The molecular weight excluding hydrogens is 236 g/mol. The SMILES string of the molecule is CCOC(=O)c1nc(C)c(-n2ccnn2)nc1N. The maximum Gasteiger partial charge on any atom is 0.360 e. The number of rotatable bonds is 3. The maximum atomic E-state index is 11.6. The van der Waals surface area contributed by atoms with Crippen molar-refractivity contribution >= 4 is 11.8 Å². The summed E-state index contributed by atoms with van der Waals surface area (Å²) in [5, 5.41) is 7.46. The van der Waals surface area contributed by atoms with Crippen molar-refractivity contribution in [3.05, 3.63) is 23.8 Å². The van der Waals surface area contributed by atoms with E-state index in [-0.39, 0.29) is 18.1 Å². The highest BCUT2D eigenvalue weighted by molar-refractivity contribution is 5.92. The molecule has 0 amide bonds. The third kappa shape index (κ3) is 2.12. The lowest BCUT2D eigenvalue weighted by molar-refractivity contribution is 0.0520. The lowest BCUT2D eigenvalue weighted by atomic mass is 10.3. The van der Waals surface area contributed by atoms with Crippen molar-refractivity contribution in [3.63, 3.8) is 0 Å². The van der Waals surface area contributed by atoms with Crippen LogP contribution in [0.1, 0.15) is 23.1 Å². The molecule has 2 rings (SSSR count). The first kappa shape index (κ1) is 12.0. The van der Waals surface area contributed by atoms with Crippen LogP contribution >= 0.6 is 0 Å². The lowest BCUT2D eigenvalue weighted by Gasteiger charge is -2.08. The van der Waals surface area contributed by atoms with Crippen molar-refractivity contribution in [2.75, 3.05) is 12.3 Å². The summed E-state index contributed by atoms with van der Waals surface area (Å²) in [7, 11) is 0. The molecule has 2 heterocycles. The number of nitrogens with two attached hydrogens (primary N) is 1. The number of carbonyl (C=O) groups is 1. The van der Waals surface area contributed by atoms with Gasteiger partial charge < -0.3 is 10.5 Å². The van der Waals surface area contributed by atoms with E-state index in [2.05, 4.69) is 20.3 Å². The van der Waals surface area contributed by atoms with E-state index in [1.54, 1.807) is 20.0 Å². The zero-order valence-electron chi connectivity index (χ0n) is 9.99. The number of hydrogen-bond acceptors (Lipinski definition) is 7. The summed E-state index contributed by atoms with van der Waals surface area (Å²) in [4.78, 5) is 19.8. The molecule has 0 atom stereocenters. The molecule has 94 valence electrons. The highest BCUT2D eigenvalue weighted by atomic mass is 16.5. The number of carbonyl (C=O) groups excluding carboxylic acids is 1. The number of nitrogens with zero attached hydrogens (tertiary/aromatic N) is 5. The molecule has 2 N–H and O–H groups in total. The predicted octanol–water partition coefficient (Wildman–Crippen LogP) is 0.125. The fraction of sp³-hybridized carbons (Fsp3) is 0.300. The number of aryl methyl sites for hydroxylation is 1. The molecule has 0 aliphatic heterocycles. The number of aromatic nitrogens is 5. The van der Waals surface area contributed by atoms with Crippen LogP contribution in [-0.4, -0.2) is 37.5 Å². The smallest absolute Gasteiger partial charge is 0.360 e. The molecule has 0 unspecified atom stereocenters. The van der Waals surface area contributed by atoms with Crippen molar-refractivity contribution in [1.29, 1.82) is 0 Å². The summed E-state index contributed by atoms with van der Waals surface area (Å²) in [6, 6.07) is 0. The molecule has 0 saturated heterocycles. The van der Waals surface area contributed by atoms with Crippen LogP contribution in [0.4, 0.5) is 5.82 Å². The van der Waals surface area contributed by atoms with Crippen LogP contribution in [0.25, 0.3) is 5.82 Å². The highest BCUT2D eigenvalue weighted by Crippen LogP contribution is 2.14. The Balaban J connectivity index is 2.44. The second kappa shape index (κ2) is 4.78. The molecule has 0 saturated carbocycles. The Bertz CT molecular complexity index is 566. The number of ether oxygens (including phenoxy) is 1. The van der Waals surface area contributed by atoms with Gasteiger partial charge in [-0.2, -0.15) is 0 Å².